The monoisotopic (exact) mass is 142 g/mol. The first-order valence-corrected chi connectivity index (χ1v) is 3.31. The Hall–Kier alpha value is -0.830. The highest BCUT2D eigenvalue weighted by Crippen LogP contribution is 2.18. The first-order valence-electron chi connectivity index (χ1n) is 3.31. The lowest BCUT2D eigenvalue weighted by Crippen LogP contribution is -2.02. The second-order valence-corrected chi connectivity index (χ2v) is 2.19. The zero-order valence-corrected chi connectivity index (χ0v) is 5.68. The first kappa shape index (κ1) is 7.28. The van der Waals surface area contributed by atoms with Gasteiger partial charge in [0.05, 0.1) is 0 Å². The second kappa shape index (κ2) is 3.37. The lowest BCUT2D eigenvalue weighted by atomic mass is 10.1. The zero-order chi connectivity index (χ0) is 7.40. The van der Waals surface area contributed by atoms with Crippen LogP contribution >= 0.6 is 0 Å². The molecule has 1 heterocycles. The predicted molar refractivity (Wildman–Crippen MR) is 38.3 cm³/mol. The molecule has 0 aliphatic rings. The van der Waals surface area contributed by atoms with Crippen LogP contribution in [0, 0.1) is 0 Å². The Balaban J connectivity index is 2.50. The molecular weight excluding hydrogens is 131 g/mol. The molecule has 10 heavy (non-hydrogen) atoms. The molecule has 1 unspecified atom stereocenters. The topological polar surface area (TPSA) is 41.8 Å². The summed E-state index contributed by atoms with van der Waals surface area (Å²) in [5.74, 6) is 0. The fraction of sp³-hybridized carbons (Fsp3) is 0.429. The van der Waals surface area contributed by atoms with Crippen molar-refractivity contribution < 1.29 is 4.39 Å². The van der Waals surface area contributed by atoms with Crippen molar-refractivity contribution in [1.82, 2.24) is 4.98 Å². The largest absolute Gasteiger partial charge is 0.367 e. The summed E-state index contributed by atoms with van der Waals surface area (Å²) in [5.41, 5.74) is 5.87. The smallest absolute Gasteiger partial charge is 0.128 e. The number of aromatic amines is 1. The molecule has 0 aliphatic carbocycles. The number of halogens is 1. The third-order valence-electron chi connectivity index (χ3n) is 1.40. The normalized spacial score (nSPS) is 13.4. The van der Waals surface area contributed by atoms with Crippen molar-refractivity contribution in [3.05, 3.63) is 24.0 Å². The standard InChI is InChI=1S/C7H11FN2/c8-7(1-3-9)6-2-4-10-5-6/h2,4-5,7,10H,1,3,9H2. The van der Waals surface area contributed by atoms with Crippen molar-refractivity contribution in [3.63, 3.8) is 0 Å². The van der Waals surface area contributed by atoms with Crippen LogP contribution in [0.2, 0.25) is 0 Å². The van der Waals surface area contributed by atoms with Gasteiger partial charge >= 0.3 is 0 Å². The van der Waals surface area contributed by atoms with E-state index >= 15 is 0 Å². The maximum absolute atomic E-state index is 12.9. The average Bonchev–Trinajstić information content (AvgIpc) is 2.38. The van der Waals surface area contributed by atoms with Gasteiger partial charge in [-0.3, -0.25) is 0 Å². The number of nitrogens with one attached hydrogen (secondary N) is 1. The fourth-order valence-corrected chi connectivity index (χ4v) is 0.845. The Bertz CT molecular complexity index is 172. The molecule has 0 radical (unpaired) electrons. The van der Waals surface area contributed by atoms with E-state index in [1.165, 1.54) is 0 Å². The van der Waals surface area contributed by atoms with Crippen molar-refractivity contribution in [2.45, 2.75) is 12.6 Å². The lowest BCUT2D eigenvalue weighted by molar-refractivity contribution is 0.328. The maximum atomic E-state index is 12.9. The van der Waals surface area contributed by atoms with E-state index in [-0.39, 0.29) is 0 Å². The summed E-state index contributed by atoms with van der Waals surface area (Å²) < 4.78 is 12.9. The summed E-state index contributed by atoms with van der Waals surface area (Å²) in [7, 11) is 0. The van der Waals surface area contributed by atoms with Gasteiger partial charge in [0.2, 0.25) is 0 Å². The average molecular weight is 142 g/mol. The van der Waals surface area contributed by atoms with Gasteiger partial charge in [0.25, 0.3) is 0 Å². The molecule has 56 valence electrons. The number of hydrogen-bond donors (Lipinski definition) is 2. The number of rotatable bonds is 3. The van der Waals surface area contributed by atoms with Crippen LogP contribution in [-0.4, -0.2) is 11.5 Å². The maximum Gasteiger partial charge on any atom is 0.128 e. The molecule has 1 aromatic rings. The second-order valence-electron chi connectivity index (χ2n) is 2.19. The summed E-state index contributed by atoms with van der Waals surface area (Å²) in [6.07, 6.45) is 2.85. The summed E-state index contributed by atoms with van der Waals surface area (Å²) in [6, 6.07) is 1.72. The van der Waals surface area contributed by atoms with E-state index in [0.717, 1.165) is 0 Å². The van der Waals surface area contributed by atoms with Gasteiger partial charge in [0.15, 0.2) is 0 Å². The lowest BCUT2D eigenvalue weighted by Gasteiger charge is -2.01. The van der Waals surface area contributed by atoms with Crippen LogP contribution in [0.1, 0.15) is 18.2 Å². The van der Waals surface area contributed by atoms with E-state index in [2.05, 4.69) is 4.98 Å². The molecule has 3 N–H and O–H groups in total. The Labute approximate surface area is 59.2 Å². The molecule has 0 amide bonds. The Morgan fingerprint density at radius 1 is 1.70 bits per heavy atom. The van der Waals surface area contributed by atoms with E-state index in [1.807, 2.05) is 0 Å². The van der Waals surface area contributed by atoms with Gasteiger partial charge < -0.3 is 10.7 Å². The number of hydrogen-bond acceptors (Lipinski definition) is 1. The first-order chi connectivity index (χ1) is 4.84. The van der Waals surface area contributed by atoms with E-state index in [0.29, 0.717) is 18.5 Å². The molecule has 2 nitrogen and oxygen atoms in total. The number of alkyl halides is 1. The minimum Gasteiger partial charge on any atom is -0.367 e. The highest BCUT2D eigenvalue weighted by molar-refractivity contribution is 5.11. The van der Waals surface area contributed by atoms with Crippen LogP contribution in [-0.2, 0) is 0 Å². The quantitative estimate of drug-likeness (QED) is 0.657. The van der Waals surface area contributed by atoms with Crippen molar-refractivity contribution in [2.24, 2.45) is 5.73 Å². The number of H-pyrrole nitrogens is 1. The molecule has 1 aromatic heterocycles. The zero-order valence-electron chi connectivity index (χ0n) is 5.68. The minimum atomic E-state index is -0.906. The van der Waals surface area contributed by atoms with Crippen LogP contribution < -0.4 is 5.73 Å². The van der Waals surface area contributed by atoms with Gasteiger partial charge in [-0.05, 0) is 19.0 Å². The van der Waals surface area contributed by atoms with Gasteiger partial charge in [0.1, 0.15) is 6.17 Å². The molecule has 1 atom stereocenters. The van der Waals surface area contributed by atoms with Crippen LogP contribution in [0.5, 0.6) is 0 Å². The van der Waals surface area contributed by atoms with Crippen LogP contribution in [0.25, 0.3) is 0 Å². The molecule has 0 bridgehead atoms. The van der Waals surface area contributed by atoms with Crippen molar-refractivity contribution >= 4 is 0 Å². The molecule has 0 saturated heterocycles. The van der Waals surface area contributed by atoms with Gasteiger partial charge in [0, 0.05) is 18.0 Å². The van der Waals surface area contributed by atoms with E-state index in [1.54, 1.807) is 18.5 Å². The number of aromatic nitrogens is 1. The van der Waals surface area contributed by atoms with Crippen molar-refractivity contribution in [1.29, 1.82) is 0 Å². The summed E-state index contributed by atoms with van der Waals surface area (Å²) in [6.45, 7) is 0.395. The minimum absolute atomic E-state index is 0.395. The molecule has 0 fully saturated rings. The van der Waals surface area contributed by atoms with Crippen molar-refractivity contribution in [3.8, 4) is 0 Å². The third-order valence-corrected chi connectivity index (χ3v) is 1.40. The highest BCUT2D eigenvalue weighted by atomic mass is 19.1. The summed E-state index contributed by atoms with van der Waals surface area (Å²) >= 11 is 0. The van der Waals surface area contributed by atoms with Gasteiger partial charge in [-0.2, -0.15) is 0 Å². The van der Waals surface area contributed by atoms with Crippen molar-refractivity contribution in [2.75, 3.05) is 6.54 Å². The Kier molecular flexibility index (Phi) is 2.45. The molecule has 1 rings (SSSR count). The van der Waals surface area contributed by atoms with Gasteiger partial charge in [-0.25, -0.2) is 4.39 Å². The molecule has 0 spiro atoms. The molecular formula is C7H11FN2. The van der Waals surface area contributed by atoms with Crippen LogP contribution in [0.15, 0.2) is 18.5 Å². The predicted octanol–water partition coefficient (Wildman–Crippen LogP) is 1.37. The summed E-state index contributed by atoms with van der Waals surface area (Å²) in [4.78, 5) is 2.79. The van der Waals surface area contributed by atoms with Crippen LogP contribution in [0.3, 0.4) is 0 Å². The van der Waals surface area contributed by atoms with E-state index in [4.69, 9.17) is 5.73 Å². The SMILES string of the molecule is NCCC(F)c1cc[nH]c1. The van der Waals surface area contributed by atoms with E-state index in [9.17, 15) is 4.39 Å². The van der Waals surface area contributed by atoms with E-state index < -0.39 is 6.17 Å². The fourth-order valence-electron chi connectivity index (χ4n) is 0.845. The Morgan fingerprint density at radius 2 is 2.50 bits per heavy atom. The summed E-state index contributed by atoms with van der Waals surface area (Å²) in [5, 5.41) is 0. The molecule has 3 heteroatoms. The van der Waals surface area contributed by atoms with Gasteiger partial charge in [-0.15, -0.1) is 0 Å². The number of nitrogens with two attached hydrogens (primary N) is 1. The molecule has 0 aromatic carbocycles. The van der Waals surface area contributed by atoms with Crippen LogP contribution in [0.4, 0.5) is 4.39 Å². The third kappa shape index (κ3) is 1.57. The molecule has 0 aliphatic heterocycles. The Morgan fingerprint density at radius 3 is 3.00 bits per heavy atom. The van der Waals surface area contributed by atoms with Gasteiger partial charge in [-0.1, -0.05) is 0 Å². The molecule has 0 saturated carbocycles. The highest BCUT2D eigenvalue weighted by Gasteiger charge is 2.07.